The number of benzene rings is 1. The number of aryl methyl sites for hydroxylation is 1. The molecule has 2 heterocycles. The summed E-state index contributed by atoms with van der Waals surface area (Å²) >= 11 is 0. The third kappa shape index (κ3) is 4.13. The number of β-amino-alcohol motifs (C(OH)–C–C–N with tert-alkyl or cyclic N) is 1. The van der Waals surface area contributed by atoms with Crippen molar-refractivity contribution in [2.24, 2.45) is 0 Å². The van der Waals surface area contributed by atoms with Crippen LogP contribution in [0.15, 0.2) is 30.3 Å². The van der Waals surface area contributed by atoms with Crippen molar-refractivity contribution in [1.29, 1.82) is 0 Å². The number of nitrogens with zero attached hydrogens (tertiary/aromatic N) is 5. The number of aliphatic hydroxyl groups excluding tert-OH is 1. The van der Waals surface area contributed by atoms with Gasteiger partial charge in [-0.15, -0.1) is 10.2 Å². The van der Waals surface area contributed by atoms with Crippen molar-refractivity contribution in [1.82, 2.24) is 25.1 Å². The Balaban J connectivity index is 1.47. The quantitative estimate of drug-likeness (QED) is 0.893. The molecule has 1 atom stereocenters. The van der Waals surface area contributed by atoms with Crippen LogP contribution < -0.4 is 0 Å². The third-order valence-electron chi connectivity index (χ3n) is 3.98. The SMILES string of the molecule is O=C(CCCn1nnc(-c2ccccc2)n1)N1CCCC(O)C1. The van der Waals surface area contributed by atoms with Gasteiger partial charge in [-0.05, 0) is 24.5 Å². The van der Waals surface area contributed by atoms with Crippen LogP contribution in [-0.2, 0) is 11.3 Å². The minimum Gasteiger partial charge on any atom is -0.391 e. The fourth-order valence-corrected chi connectivity index (χ4v) is 2.75. The predicted octanol–water partition coefficient (Wildman–Crippen LogP) is 1.10. The van der Waals surface area contributed by atoms with Gasteiger partial charge in [-0.1, -0.05) is 30.3 Å². The molecule has 0 radical (unpaired) electrons. The minimum atomic E-state index is -0.377. The molecule has 1 aromatic carbocycles. The van der Waals surface area contributed by atoms with E-state index in [-0.39, 0.29) is 12.0 Å². The van der Waals surface area contributed by atoms with E-state index in [0.29, 0.717) is 31.8 Å². The largest absolute Gasteiger partial charge is 0.391 e. The number of carbonyl (C=O) groups excluding carboxylic acids is 1. The number of hydrogen-bond acceptors (Lipinski definition) is 5. The molecule has 1 amide bonds. The molecule has 7 nitrogen and oxygen atoms in total. The first kappa shape index (κ1) is 15.6. The number of likely N-dealkylation sites (tertiary alicyclic amines) is 1. The molecule has 1 aromatic heterocycles. The molecular weight excluding hydrogens is 294 g/mol. The molecule has 7 heteroatoms. The summed E-state index contributed by atoms with van der Waals surface area (Å²) in [6.07, 6.45) is 2.39. The Morgan fingerprint density at radius 2 is 2.13 bits per heavy atom. The molecule has 0 saturated carbocycles. The van der Waals surface area contributed by atoms with Crippen LogP contribution in [0.3, 0.4) is 0 Å². The molecule has 1 aliphatic heterocycles. The summed E-state index contributed by atoms with van der Waals surface area (Å²) < 4.78 is 0. The number of amides is 1. The second kappa shape index (κ2) is 7.32. The van der Waals surface area contributed by atoms with Crippen molar-refractivity contribution < 1.29 is 9.90 Å². The molecule has 1 fully saturated rings. The Labute approximate surface area is 134 Å². The smallest absolute Gasteiger partial charge is 0.222 e. The number of tetrazole rings is 1. The Morgan fingerprint density at radius 3 is 2.91 bits per heavy atom. The Morgan fingerprint density at radius 1 is 1.30 bits per heavy atom. The van der Waals surface area contributed by atoms with Gasteiger partial charge in [0.05, 0.1) is 12.6 Å². The zero-order valence-electron chi connectivity index (χ0n) is 13.0. The van der Waals surface area contributed by atoms with Gasteiger partial charge in [-0.25, -0.2) is 0 Å². The predicted molar refractivity (Wildman–Crippen MR) is 84.3 cm³/mol. The van der Waals surface area contributed by atoms with Crippen LogP contribution in [0, 0.1) is 0 Å². The van der Waals surface area contributed by atoms with Crippen LogP contribution in [0.5, 0.6) is 0 Å². The fraction of sp³-hybridized carbons (Fsp3) is 0.500. The van der Waals surface area contributed by atoms with Crippen LogP contribution in [0.1, 0.15) is 25.7 Å². The first-order chi connectivity index (χ1) is 11.2. The van der Waals surface area contributed by atoms with Crippen LogP contribution in [0.25, 0.3) is 11.4 Å². The highest BCUT2D eigenvalue weighted by Gasteiger charge is 2.21. The van der Waals surface area contributed by atoms with Gasteiger partial charge in [0.25, 0.3) is 0 Å². The molecule has 1 aliphatic rings. The molecule has 0 aliphatic carbocycles. The summed E-state index contributed by atoms with van der Waals surface area (Å²) in [5.41, 5.74) is 0.928. The monoisotopic (exact) mass is 315 g/mol. The summed E-state index contributed by atoms with van der Waals surface area (Å²) in [7, 11) is 0. The normalized spacial score (nSPS) is 18.1. The number of piperidine rings is 1. The standard InChI is InChI=1S/C16H21N5O2/c22-14-8-4-10-20(12-14)15(23)9-5-11-21-18-16(17-19-21)13-6-2-1-3-7-13/h1-3,6-7,14,22H,4-5,8-12H2. The van der Waals surface area contributed by atoms with Gasteiger partial charge in [-0.3, -0.25) is 4.79 Å². The lowest BCUT2D eigenvalue weighted by molar-refractivity contribution is -0.134. The van der Waals surface area contributed by atoms with E-state index < -0.39 is 0 Å². The molecule has 0 spiro atoms. The van der Waals surface area contributed by atoms with E-state index in [4.69, 9.17) is 0 Å². The van der Waals surface area contributed by atoms with Crippen LogP contribution in [0.2, 0.25) is 0 Å². The average Bonchev–Trinajstić information content (AvgIpc) is 3.04. The van der Waals surface area contributed by atoms with E-state index in [1.165, 1.54) is 4.80 Å². The van der Waals surface area contributed by atoms with E-state index >= 15 is 0 Å². The Bertz CT molecular complexity index is 643. The molecular formula is C16H21N5O2. The van der Waals surface area contributed by atoms with Crippen molar-refractivity contribution in [3.05, 3.63) is 30.3 Å². The zero-order chi connectivity index (χ0) is 16.1. The lowest BCUT2D eigenvalue weighted by Gasteiger charge is -2.30. The van der Waals surface area contributed by atoms with Gasteiger partial charge in [0.1, 0.15) is 0 Å². The second-order valence-corrected chi connectivity index (χ2v) is 5.81. The van der Waals surface area contributed by atoms with Crippen LogP contribution >= 0.6 is 0 Å². The van der Waals surface area contributed by atoms with Gasteiger partial charge in [0, 0.05) is 25.1 Å². The maximum atomic E-state index is 12.1. The summed E-state index contributed by atoms with van der Waals surface area (Å²) in [5, 5.41) is 22.0. The first-order valence-corrected chi connectivity index (χ1v) is 8.01. The molecule has 1 saturated heterocycles. The lowest BCUT2D eigenvalue weighted by atomic mass is 10.1. The van der Waals surface area contributed by atoms with Crippen molar-refractivity contribution in [3.63, 3.8) is 0 Å². The first-order valence-electron chi connectivity index (χ1n) is 8.01. The number of carbonyl (C=O) groups is 1. The van der Waals surface area contributed by atoms with Gasteiger partial charge < -0.3 is 10.0 Å². The van der Waals surface area contributed by atoms with Gasteiger partial charge in [-0.2, -0.15) is 4.80 Å². The highest BCUT2D eigenvalue weighted by atomic mass is 16.3. The highest BCUT2D eigenvalue weighted by Crippen LogP contribution is 2.13. The molecule has 23 heavy (non-hydrogen) atoms. The van der Waals surface area contributed by atoms with E-state index in [1.807, 2.05) is 30.3 Å². The van der Waals surface area contributed by atoms with Crippen LogP contribution in [-0.4, -0.2) is 55.3 Å². The second-order valence-electron chi connectivity index (χ2n) is 5.81. The number of aromatic nitrogens is 4. The fourth-order valence-electron chi connectivity index (χ4n) is 2.75. The molecule has 0 bridgehead atoms. The van der Waals surface area contributed by atoms with E-state index in [9.17, 15) is 9.90 Å². The van der Waals surface area contributed by atoms with Gasteiger partial charge >= 0.3 is 0 Å². The molecule has 3 rings (SSSR count). The van der Waals surface area contributed by atoms with Crippen molar-refractivity contribution >= 4 is 5.91 Å². The van der Waals surface area contributed by atoms with Gasteiger partial charge in [0.2, 0.25) is 11.7 Å². The third-order valence-corrected chi connectivity index (χ3v) is 3.98. The lowest BCUT2D eigenvalue weighted by Crippen LogP contribution is -2.42. The maximum absolute atomic E-state index is 12.1. The topological polar surface area (TPSA) is 84.1 Å². The summed E-state index contributed by atoms with van der Waals surface area (Å²) in [4.78, 5) is 15.4. The molecule has 122 valence electrons. The molecule has 2 aromatic rings. The number of rotatable bonds is 5. The van der Waals surface area contributed by atoms with E-state index in [2.05, 4.69) is 15.4 Å². The summed E-state index contributed by atoms with van der Waals surface area (Å²) in [6, 6.07) is 9.68. The van der Waals surface area contributed by atoms with Crippen molar-refractivity contribution in [3.8, 4) is 11.4 Å². The van der Waals surface area contributed by atoms with E-state index in [1.54, 1.807) is 4.90 Å². The van der Waals surface area contributed by atoms with Crippen molar-refractivity contribution in [2.75, 3.05) is 13.1 Å². The van der Waals surface area contributed by atoms with Crippen LogP contribution in [0.4, 0.5) is 0 Å². The van der Waals surface area contributed by atoms with Crippen molar-refractivity contribution in [2.45, 2.75) is 38.3 Å². The Hall–Kier alpha value is -2.28. The average molecular weight is 315 g/mol. The highest BCUT2D eigenvalue weighted by molar-refractivity contribution is 5.76. The Kier molecular flexibility index (Phi) is 4.97. The molecule has 1 N–H and O–H groups in total. The molecule has 1 unspecified atom stereocenters. The minimum absolute atomic E-state index is 0.0900. The zero-order valence-corrected chi connectivity index (χ0v) is 13.0. The van der Waals surface area contributed by atoms with E-state index in [0.717, 1.165) is 24.9 Å². The maximum Gasteiger partial charge on any atom is 0.222 e. The summed E-state index contributed by atoms with van der Waals surface area (Å²) in [5.74, 6) is 0.684. The van der Waals surface area contributed by atoms with Gasteiger partial charge in [0.15, 0.2) is 0 Å². The summed E-state index contributed by atoms with van der Waals surface area (Å²) in [6.45, 7) is 1.76. The number of aliphatic hydroxyl groups is 1. The number of hydrogen-bond donors (Lipinski definition) is 1.